The molecule has 0 heterocycles. The molecule has 100 valence electrons. The lowest BCUT2D eigenvalue weighted by molar-refractivity contribution is 0.0690. The second-order valence-corrected chi connectivity index (χ2v) is 4.14. The molecule has 1 unspecified atom stereocenters. The topological polar surface area (TPSA) is 61.4 Å². The molecular formula is C12H16F2N2O2. The molecule has 18 heavy (non-hydrogen) atoms. The van der Waals surface area contributed by atoms with Crippen LogP contribution in [0.25, 0.3) is 0 Å². The van der Waals surface area contributed by atoms with Gasteiger partial charge in [-0.2, -0.15) is 0 Å². The highest BCUT2D eigenvalue weighted by Crippen LogP contribution is 2.20. The van der Waals surface area contributed by atoms with E-state index in [1.165, 1.54) is 6.07 Å². The number of rotatable bonds is 6. The summed E-state index contributed by atoms with van der Waals surface area (Å²) in [6.07, 6.45) is 0. The molecule has 1 aromatic rings. The van der Waals surface area contributed by atoms with Crippen LogP contribution in [0, 0.1) is 17.6 Å². The second-order valence-electron chi connectivity index (χ2n) is 4.14. The highest BCUT2D eigenvalue weighted by molar-refractivity contribution is 5.88. The number of benzene rings is 1. The molecule has 0 aliphatic rings. The van der Waals surface area contributed by atoms with Crippen LogP contribution in [0.5, 0.6) is 0 Å². The summed E-state index contributed by atoms with van der Waals surface area (Å²) in [5.41, 5.74) is -0.693. The maximum Gasteiger partial charge on any atom is 0.338 e. The van der Waals surface area contributed by atoms with E-state index in [4.69, 9.17) is 5.11 Å². The lowest BCUT2D eigenvalue weighted by atomic mass is 10.1. The maximum atomic E-state index is 13.5. The lowest BCUT2D eigenvalue weighted by Gasteiger charge is -2.14. The maximum absolute atomic E-state index is 13.5. The van der Waals surface area contributed by atoms with Crippen LogP contribution in [0.1, 0.15) is 17.3 Å². The molecule has 0 fully saturated rings. The van der Waals surface area contributed by atoms with Crippen molar-refractivity contribution >= 4 is 11.7 Å². The molecule has 1 aromatic carbocycles. The summed E-state index contributed by atoms with van der Waals surface area (Å²) >= 11 is 0. The number of halogens is 2. The van der Waals surface area contributed by atoms with Gasteiger partial charge in [0.1, 0.15) is 0 Å². The van der Waals surface area contributed by atoms with Crippen LogP contribution in [0.3, 0.4) is 0 Å². The second kappa shape index (κ2) is 6.30. The van der Waals surface area contributed by atoms with Crippen molar-refractivity contribution in [1.29, 1.82) is 0 Å². The quantitative estimate of drug-likeness (QED) is 0.729. The van der Waals surface area contributed by atoms with Gasteiger partial charge in [0.15, 0.2) is 11.6 Å². The first-order chi connectivity index (χ1) is 8.47. The number of hydrogen-bond donors (Lipinski definition) is 3. The Labute approximate surface area is 104 Å². The highest BCUT2D eigenvalue weighted by atomic mass is 19.2. The Kier molecular flexibility index (Phi) is 5.03. The van der Waals surface area contributed by atoms with Gasteiger partial charge >= 0.3 is 5.97 Å². The zero-order chi connectivity index (χ0) is 13.7. The number of carboxylic acids is 1. The lowest BCUT2D eigenvalue weighted by Crippen LogP contribution is -2.23. The van der Waals surface area contributed by atoms with Crippen molar-refractivity contribution in [3.63, 3.8) is 0 Å². The number of nitrogens with one attached hydrogen (secondary N) is 2. The smallest absolute Gasteiger partial charge is 0.338 e. The Morgan fingerprint density at radius 2 is 2.00 bits per heavy atom. The molecule has 1 rings (SSSR count). The molecule has 0 aliphatic heterocycles. The van der Waals surface area contributed by atoms with E-state index >= 15 is 0 Å². The van der Waals surface area contributed by atoms with E-state index in [9.17, 15) is 13.6 Å². The van der Waals surface area contributed by atoms with E-state index < -0.39 is 23.2 Å². The van der Waals surface area contributed by atoms with Gasteiger partial charge in [-0.15, -0.1) is 0 Å². The highest BCUT2D eigenvalue weighted by Gasteiger charge is 2.17. The van der Waals surface area contributed by atoms with E-state index in [-0.39, 0.29) is 11.6 Å². The first-order valence-corrected chi connectivity index (χ1v) is 5.57. The molecule has 0 spiro atoms. The van der Waals surface area contributed by atoms with Crippen molar-refractivity contribution in [3.05, 3.63) is 29.3 Å². The van der Waals surface area contributed by atoms with E-state index in [2.05, 4.69) is 10.6 Å². The van der Waals surface area contributed by atoms with Crippen LogP contribution in [-0.2, 0) is 0 Å². The Morgan fingerprint density at radius 3 is 2.56 bits per heavy atom. The predicted molar refractivity (Wildman–Crippen MR) is 64.9 cm³/mol. The Hall–Kier alpha value is -1.69. The van der Waals surface area contributed by atoms with E-state index in [0.717, 1.165) is 12.6 Å². The molecule has 0 aliphatic carbocycles. The summed E-state index contributed by atoms with van der Waals surface area (Å²) in [5, 5.41) is 14.4. The van der Waals surface area contributed by atoms with Gasteiger partial charge in [-0.25, -0.2) is 13.6 Å². The van der Waals surface area contributed by atoms with Crippen LogP contribution in [-0.4, -0.2) is 31.2 Å². The van der Waals surface area contributed by atoms with Crippen molar-refractivity contribution in [1.82, 2.24) is 5.32 Å². The van der Waals surface area contributed by atoms with Crippen molar-refractivity contribution in [3.8, 4) is 0 Å². The minimum atomic E-state index is -1.48. The number of anilines is 1. The van der Waals surface area contributed by atoms with E-state index in [1.54, 1.807) is 7.05 Å². The number of aromatic carboxylic acids is 1. The van der Waals surface area contributed by atoms with Crippen molar-refractivity contribution in [2.24, 2.45) is 5.92 Å². The molecule has 0 aromatic heterocycles. The van der Waals surface area contributed by atoms with Gasteiger partial charge < -0.3 is 15.7 Å². The van der Waals surface area contributed by atoms with Gasteiger partial charge in [-0.1, -0.05) is 6.92 Å². The SMILES string of the molecule is CNCC(C)CNc1ccc(C(=O)O)c(F)c1F. The number of carbonyl (C=O) groups is 1. The minimum Gasteiger partial charge on any atom is -0.478 e. The van der Waals surface area contributed by atoms with E-state index in [1.807, 2.05) is 6.92 Å². The van der Waals surface area contributed by atoms with Gasteiger partial charge in [0.05, 0.1) is 11.3 Å². The normalized spacial score (nSPS) is 12.2. The summed E-state index contributed by atoms with van der Waals surface area (Å²) in [6, 6.07) is 2.28. The molecule has 0 saturated carbocycles. The average molecular weight is 258 g/mol. The van der Waals surface area contributed by atoms with Crippen LogP contribution < -0.4 is 10.6 Å². The molecule has 1 atom stereocenters. The largest absolute Gasteiger partial charge is 0.478 e. The molecule has 0 amide bonds. The van der Waals surface area contributed by atoms with Gasteiger partial charge in [0, 0.05) is 6.54 Å². The van der Waals surface area contributed by atoms with Crippen molar-refractivity contribution in [2.45, 2.75) is 6.92 Å². The minimum absolute atomic E-state index is 0.0274. The molecule has 0 radical (unpaired) electrons. The fraction of sp³-hybridized carbons (Fsp3) is 0.417. The van der Waals surface area contributed by atoms with Crippen molar-refractivity contribution in [2.75, 3.05) is 25.5 Å². The third kappa shape index (κ3) is 3.40. The average Bonchev–Trinajstić information content (AvgIpc) is 2.31. The summed E-state index contributed by atoms with van der Waals surface area (Å²) < 4.78 is 26.9. The zero-order valence-electron chi connectivity index (χ0n) is 10.3. The summed E-state index contributed by atoms with van der Waals surface area (Å²) in [7, 11) is 1.80. The Bertz CT molecular complexity index is 438. The number of carboxylic acid groups (broad SMARTS) is 1. The summed E-state index contributed by atoms with van der Waals surface area (Å²) in [5.74, 6) is -3.75. The van der Waals surface area contributed by atoms with Crippen LogP contribution in [0.4, 0.5) is 14.5 Å². The predicted octanol–water partition coefficient (Wildman–Crippen LogP) is 1.93. The molecule has 3 N–H and O–H groups in total. The number of hydrogen-bond acceptors (Lipinski definition) is 3. The first kappa shape index (κ1) is 14.4. The summed E-state index contributed by atoms with van der Waals surface area (Å²) in [4.78, 5) is 10.6. The Morgan fingerprint density at radius 1 is 1.33 bits per heavy atom. The van der Waals surface area contributed by atoms with Gasteiger partial charge in [-0.05, 0) is 31.6 Å². The standard InChI is InChI=1S/C12H16F2N2O2/c1-7(5-15-2)6-16-9-4-3-8(12(17)18)10(13)11(9)14/h3-4,7,15-16H,5-6H2,1-2H3,(H,17,18). The first-order valence-electron chi connectivity index (χ1n) is 5.57. The van der Waals surface area contributed by atoms with Crippen LogP contribution in [0.2, 0.25) is 0 Å². The zero-order valence-corrected chi connectivity index (χ0v) is 10.3. The van der Waals surface area contributed by atoms with E-state index in [0.29, 0.717) is 6.54 Å². The summed E-state index contributed by atoms with van der Waals surface area (Å²) in [6.45, 7) is 3.15. The fourth-order valence-corrected chi connectivity index (χ4v) is 1.56. The molecule has 0 bridgehead atoms. The van der Waals surface area contributed by atoms with Crippen LogP contribution >= 0.6 is 0 Å². The van der Waals surface area contributed by atoms with Crippen molar-refractivity contribution < 1.29 is 18.7 Å². The third-order valence-corrected chi connectivity index (χ3v) is 2.51. The monoisotopic (exact) mass is 258 g/mol. The molecular weight excluding hydrogens is 242 g/mol. The Balaban J connectivity index is 2.79. The molecule has 4 nitrogen and oxygen atoms in total. The fourth-order valence-electron chi connectivity index (χ4n) is 1.56. The van der Waals surface area contributed by atoms with Gasteiger partial charge in [-0.3, -0.25) is 0 Å². The molecule has 0 saturated heterocycles. The van der Waals surface area contributed by atoms with Gasteiger partial charge in [0.2, 0.25) is 0 Å². The third-order valence-electron chi connectivity index (χ3n) is 2.51. The van der Waals surface area contributed by atoms with Gasteiger partial charge in [0.25, 0.3) is 0 Å². The van der Waals surface area contributed by atoms with Crippen LogP contribution in [0.15, 0.2) is 12.1 Å². The molecule has 6 heteroatoms.